The molecule has 0 unspecified atom stereocenters. The molecule has 24 heavy (non-hydrogen) atoms. The summed E-state index contributed by atoms with van der Waals surface area (Å²) in [6.07, 6.45) is 7.49. The summed E-state index contributed by atoms with van der Waals surface area (Å²) in [7, 11) is 0. The molecule has 1 aliphatic rings. The van der Waals surface area contributed by atoms with Gasteiger partial charge in [0.25, 0.3) is 0 Å². The van der Waals surface area contributed by atoms with Gasteiger partial charge in [-0.05, 0) is 56.0 Å². The largest absolute Gasteiger partial charge is 0.317 e. The Morgan fingerprint density at radius 1 is 1.29 bits per heavy atom. The highest BCUT2D eigenvalue weighted by Gasteiger charge is 2.15. The van der Waals surface area contributed by atoms with Crippen LogP contribution in [0.4, 0.5) is 5.95 Å². The van der Waals surface area contributed by atoms with Crippen LogP contribution in [0.1, 0.15) is 31.2 Å². The van der Waals surface area contributed by atoms with Crippen molar-refractivity contribution in [1.29, 1.82) is 0 Å². The summed E-state index contributed by atoms with van der Waals surface area (Å²) in [5.41, 5.74) is 1.17. The molecule has 6 heteroatoms. The number of rotatable bonds is 6. The first-order chi connectivity index (χ1) is 11.7. The number of nitrogens with one attached hydrogen (secondary N) is 2. The van der Waals surface area contributed by atoms with E-state index in [-0.39, 0.29) is 5.91 Å². The summed E-state index contributed by atoms with van der Waals surface area (Å²) in [5.74, 6) is 1.34. The lowest BCUT2D eigenvalue weighted by molar-refractivity contribution is -0.116. The summed E-state index contributed by atoms with van der Waals surface area (Å²) >= 11 is 3.44. The maximum Gasteiger partial charge on any atom is 0.226 e. The van der Waals surface area contributed by atoms with Crippen LogP contribution in [0.2, 0.25) is 0 Å². The molecule has 2 aromatic rings. The molecule has 0 saturated carbocycles. The van der Waals surface area contributed by atoms with E-state index in [2.05, 4.69) is 43.7 Å². The number of nitrogens with zero attached hydrogens (tertiary/aromatic N) is 2. The second-order valence-electron chi connectivity index (χ2n) is 6.29. The van der Waals surface area contributed by atoms with Crippen molar-refractivity contribution < 1.29 is 4.79 Å². The highest BCUT2D eigenvalue weighted by Crippen LogP contribution is 2.18. The number of hydrogen-bond donors (Lipinski definition) is 2. The van der Waals surface area contributed by atoms with Gasteiger partial charge < -0.3 is 9.88 Å². The Balaban J connectivity index is 1.52. The van der Waals surface area contributed by atoms with Crippen LogP contribution >= 0.6 is 15.9 Å². The molecule has 0 spiro atoms. The zero-order valence-corrected chi connectivity index (χ0v) is 15.3. The molecular weight excluding hydrogens is 368 g/mol. The number of benzene rings is 1. The van der Waals surface area contributed by atoms with E-state index < -0.39 is 0 Å². The lowest BCUT2D eigenvalue weighted by Crippen LogP contribution is -2.28. The van der Waals surface area contributed by atoms with E-state index in [1.54, 1.807) is 6.20 Å². The quantitative estimate of drug-likeness (QED) is 0.794. The van der Waals surface area contributed by atoms with Gasteiger partial charge in [0.05, 0.1) is 6.54 Å². The molecule has 5 nitrogen and oxygen atoms in total. The summed E-state index contributed by atoms with van der Waals surface area (Å²) in [6, 6.07) is 8.16. The topological polar surface area (TPSA) is 59.0 Å². The van der Waals surface area contributed by atoms with Gasteiger partial charge in [-0.15, -0.1) is 0 Å². The van der Waals surface area contributed by atoms with Crippen molar-refractivity contribution >= 4 is 27.8 Å². The lowest BCUT2D eigenvalue weighted by atomic mass is 9.93. The molecular formula is C18H23BrN4O. The molecule has 0 aliphatic carbocycles. The molecule has 0 bridgehead atoms. The molecule has 0 atom stereocenters. The predicted octanol–water partition coefficient (Wildman–Crippen LogP) is 3.41. The first-order valence-corrected chi connectivity index (χ1v) is 9.26. The molecule has 1 fully saturated rings. The van der Waals surface area contributed by atoms with E-state index in [1.807, 2.05) is 22.9 Å². The summed E-state index contributed by atoms with van der Waals surface area (Å²) < 4.78 is 3.02. The number of halogens is 1. The Labute approximate surface area is 151 Å². The van der Waals surface area contributed by atoms with Gasteiger partial charge in [0.15, 0.2) is 0 Å². The van der Waals surface area contributed by atoms with Crippen molar-refractivity contribution in [3.05, 3.63) is 46.7 Å². The second-order valence-corrected chi connectivity index (χ2v) is 7.20. The maximum atomic E-state index is 12.2. The molecule has 0 radical (unpaired) electrons. The van der Waals surface area contributed by atoms with Crippen molar-refractivity contribution in [3.63, 3.8) is 0 Å². The fraction of sp³-hybridized carbons (Fsp3) is 0.444. The van der Waals surface area contributed by atoms with Gasteiger partial charge in [-0.25, -0.2) is 4.98 Å². The van der Waals surface area contributed by atoms with Crippen LogP contribution in [0, 0.1) is 5.92 Å². The molecule has 1 saturated heterocycles. The Morgan fingerprint density at radius 3 is 2.79 bits per heavy atom. The third kappa shape index (κ3) is 4.92. The number of anilines is 1. The SMILES string of the molecule is O=C(CCC1CCNCC1)Nc1nccn1Cc1ccc(Br)cc1. The minimum atomic E-state index is 0.0526. The molecule has 3 rings (SSSR count). The highest BCUT2D eigenvalue weighted by atomic mass is 79.9. The smallest absolute Gasteiger partial charge is 0.226 e. The van der Waals surface area contributed by atoms with E-state index in [9.17, 15) is 4.79 Å². The summed E-state index contributed by atoms with van der Waals surface area (Å²) in [5, 5.41) is 6.31. The van der Waals surface area contributed by atoms with Gasteiger partial charge >= 0.3 is 0 Å². The number of aromatic nitrogens is 2. The molecule has 1 aliphatic heterocycles. The lowest BCUT2D eigenvalue weighted by Gasteiger charge is -2.22. The molecule has 1 aromatic carbocycles. The van der Waals surface area contributed by atoms with E-state index in [0.717, 1.165) is 24.0 Å². The Kier molecular flexibility index (Phi) is 6.04. The number of hydrogen-bond acceptors (Lipinski definition) is 3. The van der Waals surface area contributed by atoms with Crippen LogP contribution in [0.5, 0.6) is 0 Å². The molecule has 2 heterocycles. The van der Waals surface area contributed by atoms with Gasteiger partial charge in [0.2, 0.25) is 11.9 Å². The van der Waals surface area contributed by atoms with Crippen LogP contribution in [0.3, 0.4) is 0 Å². The summed E-state index contributed by atoms with van der Waals surface area (Å²) in [6.45, 7) is 2.84. The van der Waals surface area contributed by atoms with E-state index >= 15 is 0 Å². The molecule has 2 N–H and O–H groups in total. The average molecular weight is 391 g/mol. The minimum Gasteiger partial charge on any atom is -0.317 e. The van der Waals surface area contributed by atoms with Gasteiger partial charge in [0, 0.05) is 23.3 Å². The first kappa shape index (κ1) is 17.2. The number of carbonyl (C=O) groups excluding carboxylic acids is 1. The standard InChI is InChI=1S/C18H23BrN4O/c19-16-4-1-15(2-5-16)13-23-12-11-21-18(23)22-17(24)6-3-14-7-9-20-10-8-14/h1-2,4-5,11-12,14,20H,3,6-10,13H2,(H,21,22,24). The third-order valence-corrected chi connectivity index (χ3v) is 5.00. The average Bonchev–Trinajstić information content (AvgIpc) is 3.03. The van der Waals surface area contributed by atoms with Crippen LogP contribution in [-0.4, -0.2) is 28.5 Å². The van der Waals surface area contributed by atoms with Gasteiger partial charge in [-0.1, -0.05) is 28.1 Å². The minimum absolute atomic E-state index is 0.0526. The van der Waals surface area contributed by atoms with Gasteiger partial charge in [-0.3, -0.25) is 10.1 Å². The zero-order chi connectivity index (χ0) is 16.8. The van der Waals surface area contributed by atoms with Crippen LogP contribution in [-0.2, 0) is 11.3 Å². The van der Waals surface area contributed by atoms with Crippen molar-refractivity contribution in [2.45, 2.75) is 32.2 Å². The number of piperidine rings is 1. The molecule has 128 valence electrons. The van der Waals surface area contributed by atoms with E-state index in [4.69, 9.17) is 0 Å². The fourth-order valence-electron chi connectivity index (χ4n) is 3.04. The number of amides is 1. The Hall–Kier alpha value is -1.66. The monoisotopic (exact) mass is 390 g/mol. The van der Waals surface area contributed by atoms with Crippen molar-refractivity contribution in [3.8, 4) is 0 Å². The fourth-order valence-corrected chi connectivity index (χ4v) is 3.30. The Morgan fingerprint density at radius 2 is 2.04 bits per heavy atom. The van der Waals surface area contributed by atoms with Crippen LogP contribution < -0.4 is 10.6 Å². The van der Waals surface area contributed by atoms with Crippen molar-refractivity contribution in [2.24, 2.45) is 5.92 Å². The molecule has 1 aromatic heterocycles. The maximum absolute atomic E-state index is 12.2. The highest BCUT2D eigenvalue weighted by molar-refractivity contribution is 9.10. The molecule has 1 amide bonds. The Bertz CT molecular complexity index is 662. The zero-order valence-electron chi connectivity index (χ0n) is 13.7. The van der Waals surface area contributed by atoms with E-state index in [0.29, 0.717) is 24.8 Å². The summed E-state index contributed by atoms with van der Waals surface area (Å²) in [4.78, 5) is 16.5. The third-order valence-electron chi connectivity index (χ3n) is 4.47. The predicted molar refractivity (Wildman–Crippen MR) is 98.9 cm³/mol. The van der Waals surface area contributed by atoms with Gasteiger partial charge in [0.1, 0.15) is 0 Å². The van der Waals surface area contributed by atoms with Crippen molar-refractivity contribution in [1.82, 2.24) is 14.9 Å². The van der Waals surface area contributed by atoms with Crippen molar-refractivity contribution in [2.75, 3.05) is 18.4 Å². The van der Waals surface area contributed by atoms with Gasteiger partial charge in [-0.2, -0.15) is 0 Å². The number of carbonyl (C=O) groups is 1. The normalized spacial score (nSPS) is 15.4. The first-order valence-electron chi connectivity index (χ1n) is 8.47. The van der Waals surface area contributed by atoms with E-state index in [1.165, 1.54) is 18.4 Å². The van der Waals surface area contributed by atoms with Crippen LogP contribution in [0.15, 0.2) is 41.1 Å². The van der Waals surface area contributed by atoms with Crippen LogP contribution in [0.25, 0.3) is 0 Å². The number of imidazole rings is 1. The second kappa shape index (κ2) is 8.44.